The molecule has 0 saturated carbocycles. The lowest BCUT2D eigenvalue weighted by Gasteiger charge is -2.20. The van der Waals surface area contributed by atoms with Crippen LogP contribution in [0.4, 0.5) is 5.69 Å². The third kappa shape index (κ3) is 5.54. The minimum atomic E-state index is -3.63. The summed E-state index contributed by atoms with van der Waals surface area (Å²) in [5.41, 5.74) is 6.43. The Balaban J connectivity index is 0.00000113. The molecule has 0 unspecified atom stereocenters. The molecule has 6 rings (SSSR count). The van der Waals surface area contributed by atoms with Gasteiger partial charge < -0.3 is 14.7 Å². The molecular formula is C32H31N5O4S. The number of carbonyl (C=O) groups excluding carboxylic acids is 1. The number of aromatic nitrogens is 3. The zero-order valence-corrected chi connectivity index (χ0v) is 24.8. The fraction of sp³-hybridized carbons (Fsp3) is 0.156. The molecule has 42 heavy (non-hydrogen) atoms. The minimum Gasteiger partial charge on any atom is -0.455 e. The first-order valence-corrected chi connectivity index (χ1v) is 15.0. The number of anilines is 1. The number of para-hydroxylation sites is 1. The first-order valence-electron chi connectivity index (χ1n) is 13.2. The van der Waals surface area contributed by atoms with Crippen molar-refractivity contribution in [2.45, 2.75) is 6.92 Å². The average Bonchev–Trinajstić information content (AvgIpc) is 3.58. The van der Waals surface area contributed by atoms with Crippen LogP contribution in [0.5, 0.6) is 0 Å². The summed E-state index contributed by atoms with van der Waals surface area (Å²) in [4.78, 5) is 24.6. The summed E-state index contributed by atoms with van der Waals surface area (Å²) >= 11 is 0. The normalized spacial score (nSPS) is 11.4. The number of sulfonamides is 1. The maximum Gasteiger partial charge on any atom is 0.232 e. The molecule has 214 valence electrons. The lowest BCUT2D eigenvalue weighted by molar-refractivity contribution is 0.112. The van der Waals surface area contributed by atoms with Crippen LogP contribution in [0, 0.1) is 6.92 Å². The molecule has 10 heteroatoms. The van der Waals surface area contributed by atoms with Gasteiger partial charge in [-0.25, -0.2) is 18.4 Å². The number of aromatic amines is 1. The number of furan rings is 1. The highest BCUT2D eigenvalue weighted by Gasteiger charge is 2.24. The molecule has 0 aliphatic heterocycles. The van der Waals surface area contributed by atoms with E-state index in [1.54, 1.807) is 18.2 Å². The third-order valence-electron chi connectivity index (χ3n) is 6.86. The van der Waals surface area contributed by atoms with Crippen molar-refractivity contribution in [2.75, 3.05) is 31.7 Å². The van der Waals surface area contributed by atoms with Gasteiger partial charge in [0.1, 0.15) is 17.7 Å². The zero-order chi connectivity index (χ0) is 30.0. The van der Waals surface area contributed by atoms with Crippen molar-refractivity contribution in [2.24, 2.45) is 0 Å². The van der Waals surface area contributed by atoms with Crippen molar-refractivity contribution >= 4 is 43.9 Å². The lowest BCUT2D eigenvalue weighted by Crippen LogP contribution is -2.25. The first-order chi connectivity index (χ1) is 20.1. The highest BCUT2D eigenvalue weighted by Crippen LogP contribution is 2.40. The Bertz CT molecular complexity index is 1980. The summed E-state index contributed by atoms with van der Waals surface area (Å²) in [5, 5.41) is 4.36. The van der Waals surface area contributed by atoms with Gasteiger partial charge in [-0.05, 0) is 45.3 Å². The number of aryl methyl sites for hydroxylation is 1. The largest absolute Gasteiger partial charge is 0.455 e. The zero-order valence-electron chi connectivity index (χ0n) is 24.0. The van der Waals surface area contributed by atoms with E-state index in [1.165, 1.54) is 17.7 Å². The molecule has 3 aromatic carbocycles. The topological polar surface area (TPSA) is 121 Å². The van der Waals surface area contributed by atoms with Crippen molar-refractivity contribution in [3.05, 3.63) is 90.3 Å². The number of carbonyl (C=O) groups is 1. The predicted molar refractivity (Wildman–Crippen MR) is 168 cm³/mol. The van der Waals surface area contributed by atoms with Gasteiger partial charge in [-0.15, -0.1) is 0 Å². The molecule has 0 bridgehead atoms. The maximum atomic E-state index is 12.6. The summed E-state index contributed by atoms with van der Waals surface area (Å²) < 4.78 is 32.6. The van der Waals surface area contributed by atoms with Crippen LogP contribution in [-0.4, -0.2) is 57.1 Å². The van der Waals surface area contributed by atoms with Crippen molar-refractivity contribution in [1.29, 1.82) is 0 Å². The lowest BCUT2D eigenvalue weighted by atomic mass is 10.0. The van der Waals surface area contributed by atoms with Gasteiger partial charge in [0.15, 0.2) is 6.29 Å². The van der Waals surface area contributed by atoms with E-state index in [-0.39, 0.29) is 0 Å². The predicted octanol–water partition coefficient (Wildman–Crippen LogP) is 6.06. The fourth-order valence-electron chi connectivity index (χ4n) is 4.70. The number of aldehydes is 1. The maximum absolute atomic E-state index is 12.6. The van der Waals surface area contributed by atoms with Gasteiger partial charge in [-0.1, -0.05) is 48.0 Å². The number of nitrogens with zero attached hydrogens (tertiary/aromatic N) is 3. The summed E-state index contributed by atoms with van der Waals surface area (Å²) in [6, 6.07) is 22.8. The second-order valence-corrected chi connectivity index (χ2v) is 12.0. The Morgan fingerprint density at radius 3 is 2.31 bits per heavy atom. The monoisotopic (exact) mass is 581 g/mol. The Morgan fingerprint density at radius 2 is 1.64 bits per heavy atom. The smallest absolute Gasteiger partial charge is 0.232 e. The SMILES string of the molecule is CNC.Cc1ccc(-c2oc3cc(N(C)S(C)(=O)=O)c(-c4cc(-c5cc6ccccc6[nH]5)ncn4)cc3c2C=O)cc1. The van der Waals surface area contributed by atoms with E-state index in [0.29, 0.717) is 44.9 Å². The van der Waals surface area contributed by atoms with Crippen LogP contribution < -0.4 is 9.62 Å². The molecule has 0 amide bonds. The Labute approximate surface area is 244 Å². The van der Waals surface area contributed by atoms with Crippen LogP contribution in [0.1, 0.15) is 15.9 Å². The fourth-order valence-corrected chi connectivity index (χ4v) is 5.20. The molecule has 0 aliphatic carbocycles. The van der Waals surface area contributed by atoms with Crippen LogP contribution in [0.3, 0.4) is 0 Å². The molecule has 0 spiro atoms. The number of fused-ring (bicyclic) bond motifs is 2. The van der Waals surface area contributed by atoms with Gasteiger partial charge in [0.25, 0.3) is 0 Å². The molecule has 3 heterocycles. The molecule has 9 nitrogen and oxygen atoms in total. The van der Waals surface area contributed by atoms with E-state index < -0.39 is 10.0 Å². The number of nitrogens with one attached hydrogen (secondary N) is 2. The molecule has 3 aromatic heterocycles. The van der Waals surface area contributed by atoms with E-state index >= 15 is 0 Å². The van der Waals surface area contributed by atoms with Gasteiger partial charge in [-0.3, -0.25) is 9.10 Å². The molecule has 0 saturated heterocycles. The van der Waals surface area contributed by atoms with Crippen LogP contribution in [-0.2, 0) is 10.0 Å². The van der Waals surface area contributed by atoms with Gasteiger partial charge in [0.2, 0.25) is 10.0 Å². The van der Waals surface area contributed by atoms with Crippen LogP contribution in [0.25, 0.3) is 55.8 Å². The average molecular weight is 582 g/mol. The number of hydrogen-bond acceptors (Lipinski definition) is 7. The second-order valence-electron chi connectivity index (χ2n) is 9.98. The number of benzene rings is 3. The van der Waals surface area contributed by atoms with Crippen molar-refractivity contribution in [3.8, 4) is 34.0 Å². The van der Waals surface area contributed by atoms with Gasteiger partial charge in [0, 0.05) is 40.5 Å². The molecular weight excluding hydrogens is 550 g/mol. The minimum absolute atomic E-state index is 0.368. The summed E-state index contributed by atoms with van der Waals surface area (Å²) in [6.45, 7) is 1.98. The highest BCUT2D eigenvalue weighted by atomic mass is 32.2. The standard InChI is InChI=1S/C30H24N4O4S.C2H7N/c1-18-8-10-19(11-9-18)30-23(16-35)21-13-22(28(15-29(21)38-30)34(2)39(3,36)37)25-14-26(32-17-31-25)27-12-20-6-4-5-7-24(20)33-27;1-3-2/h4-17,33H,1-3H3;3H,1-2H3. The van der Waals surface area contributed by atoms with Gasteiger partial charge >= 0.3 is 0 Å². The number of rotatable bonds is 6. The van der Waals surface area contributed by atoms with Crippen molar-refractivity contribution < 1.29 is 17.6 Å². The van der Waals surface area contributed by atoms with E-state index in [0.717, 1.165) is 40.3 Å². The highest BCUT2D eigenvalue weighted by molar-refractivity contribution is 7.92. The molecule has 2 N–H and O–H groups in total. The summed E-state index contributed by atoms with van der Waals surface area (Å²) in [7, 11) is 1.60. The molecule has 6 aromatic rings. The van der Waals surface area contributed by atoms with E-state index in [2.05, 4.69) is 20.3 Å². The van der Waals surface area contributed by atoms with Gasteiger partial charge in [-0.2, -0.15) is 0 Å². The van der Waals surface area contributed by atoms with E-state index in [1.807, 2.05) is 75.6 Å². The van der Waals surface area contributed by atoms with Crippen molar-refractivity contribution in [3.63, 3.8) is 0 Å². The first kappa shape index (κ1) is 28.7. The molecule has 0 aliphatic rings. The Morgan fingerprint density at radius 1 is 0.952 bits per heavy atom. The Kier molecular flexibility index (Phi) is 7.93. The van der Waals surface area contributed by atoms with E-state index in [4.69, 9.17) is 4.42 Å². The molecule has 0 radical (unpaired) electrons. The second kappa shape index (κ2) is 11.6. The quantitative estimate of drug-likeness (QED) is 0.229. The number of H-pyrrole nitrogens is 1. The number of hydrogen-bond donors (Lipinski definition) is 2. The van der Waals surface area contributed by atoms with Crippen LogP contribution in [0.2, 0.25) is 0 Å². The Hall–Kier alpha value is -4.80. The molecule has 0 fully saturated rings. The summed E-state index contributed by atoms with van der Waals surface area (Å²) in [5.74, 6) is 0.423. The summed E-state index contributed by atoms with van der Waals surface area (Å²) in [6.07, 6.45) is 3.34. The van der Waals surface area contributed by atoms with Crippen molar-refractivity contribution in [1.82, 2.24) is 20.3 Å². The van der Waals surface area contributed by atoms with Crippen LogP contribution >= 0.6 is 0 Å². The van der Waals surface area contributed by atoms with Gasteiger partial charge in [0.05, 0.1) is 34.6 Å². The van der Waals surface area contributed by atoms with E-state index in [9.17, 15) is 13.2 Å². The molecule has 0 atom stereocenters. The third-order valence-corrected chi connectivity index (χ3v) is 8.05. The van der Waals surface area contributed by atoms with Crippen LogP contribution in [0.15, 0.2) is 83.5 Å².